The summed E-state index contributed by atoms with van der Waals surface area (Å²) in [6, 6.07) is 8.47. The maximum absolute atomic E-state index is 12.7. The predicted octanol–water partition coefficient (Wildman–Crippen LogP) is 2.82. The van der Waals surface area contributed by atoms with E-state index < -0.39 is 10.0 Å². The van der Waals surface area contributed by atoms with Crippen molar-refractivity contribution in [3.8, 4) is 17.2 Å². The van der Waals surface area contributed by atoms with Crippen LogP contribution in [0.5, 0.6) is 17.2 Å². The lowest BCUT2D eigenvalue weighted by Gasteiger charge is -2.14. The maximum Gasteiger partial charge on any atom is 0.240 e. The molecule has 0 radical (unpaired) electrons. The van der Waals surface area contributed by atoms with Crippen LogP contribution in [-0.4, -0.2) is 27.7 Å². The third-order valence-corrected chi connectivity index (χ3v) is 6.12. The van der Waals surface area contributed by atoms with E-state index in [-0.39, 0.29) is 17.5 Å². The van der Waals surface area contributed by atoms with Gasteiger partial charge in [0.2, 0.25) is 10.0 Å². The summed E-state index contributed by atoms with van der Waals surface area (Å²) in [6.45, 7) is 5.27. The van der Waals surface area contributed by atoms with Crippen LogP contribution in [0.4, 0.5) is 0 Å². The van der Waals surface area contributed by atoms with Gasteiger partial charge in [-0.2, -0.15) is 0 Å². The van der Waals surface area contributed by atoms with Crippen molar-refractivity contribution in [3.63, 3.8) is 0 Å². The summed E-state index contributed by atoms with van der Waals surface area (Å²) in [5.41, 5.74) is 3.01. The molecule has 0 bridgehead atoms. The van der Waals surface area contributed by atoms with Crippen LogP contribution in [0, 0.1) is 0 Å². The average molecular weight is 389 g/mol. The monoisotopic (exact) mass is 389 g/mol. The molecule has 0 spiro atoms. The maximum atomic E-state index is 12.7. The molecule has 0 atom stereocenters. The molecule has 6 nitrogen and oxygen atoms in total. The molecule has 2 heterocycles. The van der Waals surface area contributed by atoms with Gasteiger partial charge in [-0.05, 0) is 44.2 Å². The van der Waals surface area contributed by atoms with Crippen molar-refractivity contribution < 1.29 is 22.6 Å². The number of rotatable bonds is 6. The summed E-state index contributed by atoms with van der Waals surface area (Å²) in [5, 5.41) is 0. The summed E-state index contributed by atoms with van der Waals surface area (Å²) in [7, 11) is -3.64. The quantitative estimate of drug-likeness (QED) is 0.822. The number of ether oxygens (including phenoxy) is 3. The fraction of sp³-hybridized carbons (Fsp3) is 0.400. The van der Waals surface area contributed by atoms with Crippen LogP contribution >= 0.6 is 0 Å². The highest BCUT2D eigenvalue weighted by Gasteiger charge is 2.27. The third-order valence-electron chi connectivity index (χ3n) is 4.70. The van der Waals surface area contributed by atoms with E-state index in [1.807, 2.05) is 19.9 Å². The number of benzene rings is 2. The topological polar surface area (TPSA) is 73.9 Å². The number of fused-ring (bicyclic) bond motifs is 2. The van der Waals surface area contributed by atoms with Crippen LogP contribution in [0.25, 0.3) is 0 Å². The number of hydrogen-bond acceptors (Lipinski definition) is 5. The van der Waals surface area contributed by atoms with Crippen LogP contribution < -0.4 is 18.9 Å². The van der Waals surface area contributed by atoms with E-state index in [1.165, 1.54) is 0 Å². The molecule has 2 aromatic carbocycles. The second-order valence-corrected chi connectivity index (χ2v) is 8.75. The Labute approximate surface area is 159 Å². The SMILES string of the molecule is CC(C)Oc1ccc(S(=O)(=O)NCc2c3c(cc4c2OCC4)OCC3)cc1. The normalized spacial score (nSPS) is 15.2. The minimum atomic E-state index is -3.64. The summed E-state index contributed by atoms with van der Waals surface area (Å²) in [5.74, 6) is 2.31. The highest BCUT2D eigenvalue weighted by molar-refractivity contribution is 7.89. The summed E-state index contributed by atoms with van der Waals surface area (Å²) in [4.78, 5) is 0.208. The van der Waals surface area contributed by atoms with Crippen LogP contribution in [-0.2, 0) is 29.4 Å². The zero-order valence-electron chi connectivity index (χ0n) is 15.4. The Balaban J connectivity index is 1.55. The molecule has 2 aliphatic rings. The molecular weight excluding hydrogens is 366 g/mol. The molecule has 0 fully saturated rings. The summed E-state index contributed by atoms with van der Waals surface area (Å²) < 4.78 is 45.2. The van der Waals surface area contributed by atoms with E-state index in [4.69, 9.17) is 14.2 Å². The fourth-order valence-electron chi connectivity index (χ4n) is 3.49. The van der Waals surface area contributed by atoms with Crippen LogP contribution in [0.2, 0.25) is 0 Å². The standard InChI is InChI=1S/C20H23NO5S/c1-13(2)26-15-3-5-16(6-4-15)27(22,23)21-12-18-17-8-10-24-19(17)11-14-7-9-25-20(14)18/h3-6,11,13,21H,7-10,12H2,1-2H3. The fourth-order valence-corrected chi connectivity index (χ4v) is 4.49. The van der Waals surface area contributed by atoms with Gasteiger partial charge in [-0.3, -0.25) is 0 Å². The van der Waals surface area contributed by atoms with Gasteiger partial charge in [-0.25, -0.2) is 13.1 Å². The van der Waals surface area contributed by atoms with Crippen molar-refractivity contribution in [2.75, 3.05) is 13.2 Å². The lowest BCUT2D eigenvalue weighted by atomic mass is 10.00. The minimum absolute atomic E-state index is 0.0371. The van der Waals surface area contributed by atoms with Gasteiger partial charge in [-0.1, -0.05) is 0 Å². The molecule has 0 saturated heterocycles. The van der Waals surface area contributed by atoms with Crippen LogP contribution in [0.15, 0.2) is 35.2 Å². The van der Waals surface area contributed by atoms with E-state index >= 15 is 0 Å². The van der Waals surface area contributed by atoms with Gasteiger partial charge in [-0.15, -0.1) is 0 Å². The molecule has 2 aliphatic heterocycles. The largest absolute Gasteiger partial charge is 0.493 e. The van der Waals surface area contributed by atoms with Crippen molar-refractivity contribution in [3.05, 3.63) is 47.0 Å². The van der Waals surface area contributed by atoms with E-state index in [0.29, 0.717) is 19.0 Å². The van der Waals surface area contributed by atoms with Crippen molar-refractivity contribution in [2.45, 2.75) is 44.2 Å². The molecular formula is C20H23NO5S. The lowest BCUT2D eigenvalue weighted by molar-refractivity contribution is 0.242. The first-order chi connectivity index (χ1) is 12.9. The van der Waals surface area contributed by atoms with Gasteiger partial charge < -0.3 is 14.2 Å². The van der Waals surface area contributed by atoms with E-state index in [0.717, 1.165) is 41.0 Å². The molecule has 27 heavy (non-hydrogen) atoms. The highest BCUT2D eigenvalue weighted by atomic mass is 32.2. The summed E-state index contributed by atoms with van der Waals surface area (Å²) in [6.07, 6.45) is 1.63. The predicted molar refractivity (Wildman–Crippen MR) is 101 cm³/mol. The number of nitrogens with one attached hydrogen (secondary N) is 1. The highest BCUT2D eigenvalue weighted by Crippen LogP contribution is 2.40. The van der Waals surface area contributed by atoms with Gasteiger partial charge in [0.05, 0.1) is 24.2 Å². The van der Waals surface area contributed by atoms with E-state index in [2.05, 4.69) is 4.72 Å². The number of hydrogen-bond donors (Lipinski definition) is 1. The van der Waals surface area contributed by atoms with Crippen LogP contribution in [0.3, 0.4) is 0 Å². The second kappa shape index (κ2) is 7.05. The Kier molecular flexibility index (Phi) is 4.74. The minimum Gasteiger partial charge on any atom is -0.493 e. The molecule has 0 amide bonds. The molecule has 2 aromatic rings. The van der Waals surface area contributed by atoms with Gasteiger partial charge in [0.15, 0.2) is 0 Å². The molecule has 0 unspecified atom stereocenters. The van der Waals surface area contributed by atoms with Crippen LogP contribution in [0.1, 0.15) is 30.5 Å². The van der Waals surface area contributed by atoms with Gasteiger partial charge in [0.25, 0.3) is 0 Å². The van der Waals surface area contributed by atoms with Gasteiger partial charge in [0, 0.05) is 36.1 Å². The zero-order valence-corrected chi connectivity index (χ0v) is 16.3. The first kappa shape index (κ1) is 18.1. The molecule has 0 saturated carbocycles. The lowest BCUT2D eigenvalue weighted by Crippen LogP contribution is -2.24. The molecule has 144 valence electrons. The van der Waals surface area contributed by atoms with E-state index in [9.17, 15) is 8.42 Å². The van der Waals surface area contributed by atoms with Crippen molar-refractivity contribution in [1.29, 1.82) is 0 Å². The van der Waals surface area contributed by atoms with Crippen molar-refractivity contribution in [2.24, 2.45) is 0 Å². The third kappa shape index (κ3) is 3.61. The Morgan fingerprint density at radius 2 is 1.85 bits per heavy atom. The molecule has 0 aliphatic carbocycles. The Morgan fingerprint density at radius 3 is 2.59 bits per heavy atom. The first-order valence-corrected chi connectivity index (χ1v) is 10.6. The number of sulfonamides is 1. The molecule has 1 N–H and O–H groups in total. The molecule has 7 heteroatoms. The zero-order chi connectivity index (χ0) is 19.0. The smallest absolute Gasteiger partial charge is 0.240 e. The summed E-state index contributed by atoms with van der Waals surface area (Å²) >= 11 is 0. The molecule has 4 rings (SSSR count). The van der Waals surface area contributed by atoms with E-state index in [1.54, 1.807) is 24.3 Å². The Bertz CT molecular complexity index is 919. The van der Waals surface area contributed by atoms with Gasteiger partial charge in [0.1, 0.15) is 17.2 Å². The van der Waals surface area contributed by atoms with Crippen molar-refractivity contribution >= 4 is 10.0 Å². The average Bonchev–Trinajstić information content (AvgIpc) is 3.27. The Hall–Kier alpha value is -2.25. The Morgan fingerprint density at radius 1 is 1.11 bits per heavy atom. The van der Waals surface area contributed by atoms with Gasteiger partial charge >= 0.3 is 0 Å². The first-order valence-electron chi connectivity index (χ1n) is 9.13. The molecule has 0 aromatic heterocycles. The van der Waals surface area contributed by atoms with Crippen molar-refractivity contribution in [1.82, 2.24) is 4.72 Å². The second-order valence-electron chi connectivity index (χ2n) is 6.98.